The molecule has 16 heavy (non-hydrogen) atoms. The Kier molecular flexibility index (Phi) is 5.32. The molecule has 0 aliphatic heterocycles. The summed E-state index contributed by atoms with van der Waals surface area (Å²) in [6, 6.07) is 3.20. The summed E-state index contributed by atoms with van der Waals surface area (Å²) in [6.45, 7) is 2.77. The quantitative estimate of drug-likeness (QED) is 0.549. The minimum Gasteiger partial charge on any atom is -0.478 e. The molecule has 0 saturated heterocycles. The molecule has 0 aliphatic rings. The van der Waals surface area contributed by atoms with E-state index in [9.17, 15) is 4.79 Å². The summed E-state index contributed by atoms with van der Waals surface area (Å²) < 4.78 is 10.0. The lowest BCUT2D eigenvalue weighted by atomic mass is 10.2. The molecule has 0 amide bonds. The van der Waals surface area contributed by atoms with Crippen molar-refractivity contribution in [2.45, 2.75) is 26.2 Å². The smallest absolute Gasteiger partial charge is 0.338 e. The van der Waals surface area contributed by atoms with Gasteiger partial charge in [0.2, 0.25) is 5.88 Å². The van der Waals surface area contributed by atoms with Crippen LogP contribution in [0.4, 0.5) is 0 Å². The Hall–Kier alpha value is -1.58. The summed E-state index contributed by atoms with van der Waals surface area (Å²) in [4.78, 5) is 15.3. The second kappa shape index (κ2) is 6.82. The number of nitrogens with zero attached hydrogens (tertiary/aromatic N) is 1. The lowest BCUT2D eigenvalue weighted by Gasteiger charge is -2.05. The third kappa shape index (κ3) is 3.88. The van der Waals surface area contributed by atoms with Gasteiger partial charge in [0.1, 0.15) is 0 Å². The molecule has 4 nitrogen and oxygen atoms in total. The zero-order valence-corrected chi connectivity index (χ0v) is 9.73. The van der Waals surface area contributed by atoms with Crippen LogP contribution < -0.4 is 4.74 Å². The third-order valence-corrected chi connectivity index (χ3v) is 2.15. The molecule has 0 unspecified atom stereocenters. The molecule has 0 fully saturated rings. The van der Waals surface area contributed by atoms with Crippen molar-refractivity contribution in [3.8, 4) is 5.88 Å². The molecule has 1 rings (SSSR count). The number of hydrogen-bond acceptors (Lipinski definition) is 4. The first-order valence-corrected chi connectivity index (χ1v) is 5.45. The highest BCUT2D eigenvalue weighted by Crippen LogP contribution is 2.10. The Labute approximate surface area is 95.6 Å². The van der Waals surface area contributed by atoms with Gasteiger partial charge in [-0.05, 0) is 12.5 Å². The van der Waals surface area contributed by atoms with E-state index >= 15 is 0 Å². The number of carbonyl (C=O) groups is 1. The summed E-state index contributed by atoms with van der Waals surface area (Å²) in [5.41, 5.74) is 0.461. The van der Waals surface area contributed by atoms with Gasteiger partial charge in [-0.25, -0.2) is 9.78 Å². The van der Waals surface area contributed by atoms with Gasteiger partial charge in [0.25, 0.3) is 0 Å². The Balaban J connectivity index is 2.50. The second-order valence-electron chi connectivity index (χ2n) is 3.43. The fraction of sp³-hybridized carbons (Fsp3) is 0.500. The monoisotopic (exact) mass is 223 g/mol. The summed E-state index contributed by atoms with van der Waals surface area (Å²) in [6.07, 6.45) is 4.83. The molecule has 0 aromatic carbocycles. The zero-order valence-electron chi connectivity index (χ0n) is 9.73. The maximum Gasteiger partial charge on any atom is 0.338 e. The average Bonchev–Trinajstić information content (AvgIpc) is 2.34. The Morgan fingerprint density at radius 1 is 1.44 bits per heavy atom. The van der Waals surface area contributed by atoms with E-state index in [0.717, 1.165) is 19.3 Å². The van der Waals surface area contributed by atoms with E-state index in [4.69, 9.17) is 4.74 Å². The van der Waals surface area contributed by atoms with Crippen LogP contribution in [0.2, 0.25) is 0 Å². The normalized spacial score (nSPS) is 9.88. The predicted octanol–water partition coefficient (Wildman–Crippen LogP) is 2.44. The number of aromatic nitrogens is 1. The number of methoxy groups -OCH3 is 1. The SMILES string of the molecule is CCCCCOc1cc(C(=O)OC)ccn1. The topological polar surface area (TPSA) is 48.4 Å². The lowest BCUT2D eigenvalue weighted by molar-refractivity contribution is 0.0600. The van der Waals surface area contributed by atoms with Crippen molar-refractivity contribution in [2.75, 3.05) is 13.7 Å². The van der Waals surface area contributed by atoms with E-state index in [1.165, 1.54) is 7.11 Å². The first kappa shape index (κ1) is 12.5. The number of esters is 1. The zero-order chi connectivity index (χ0) is 11.8. The molecule has 1 aromatic heterocycles. The van der Waals surface area contributed by atoms with Crippen molar-refractivity contribution in [3.63, 3.8) is 0 Å². The van der Waals surface area contributed by atoms with E-state index in [2.05, 4.69) is 16.6 Å². The van der Waals surface area contributed by atoms with Crippen LogP contribution in [0.3, 0.4) is 0 Å². The van der Waals surface area contributed by atoms with Gasteiger partial charge in [-0.2, -0.15) is 0 Å². The van der Waals surface area contributed by atoms with Gasteiger partial charge < -0.3 is 9.47 Å². The van der Waals surface area contributed by atoms with Crippen LogP contribution in [-0.2, 0) is 4.74 Å². The maximum atomic E-state index is 11.2. The molecule has 88 valence electrons. The molecule has 0 N–H and O–H groups in total. The van der Waals surface area contributed by atoms with Crippen molar-refractivity contribution in [1.82, 2.24) is 4.98 Å². The molecule has 0 bridgehead atoms. The molecule has 1 aromatic rings. The molecular weight excluding hydrogens is 206 g/mol. The van der Waals surface area contributed by atoms with Crippen molar-refractivity contribution < 1.29 is 14.3 Å². The first-order chi connectivity index (χ1) is 7.77. The van der Waals surface area contributed by atoms with Crippen LogP contribution in [0, 0.1) is 0 Å². The largest absolute Gasteiger partial charge is 0.478 e. The molecule has 0 spiro atoms. The van der Waals surface area contributed by atoms with Crippen LogP contribution in [0.1, 0.15) is 36.5 Å². The summed E-state index contributed by atoms with van der Waals surface area (Å²) >= 11 is 0. The molecule has 0 atom stereocenters. The minimum atomic E-state index is -0.374. The molecule has 0 radical (unpaired) electrons. The van der Waals surface area contributed by atoms with Crippen LogP contribution in [-0.4, -0.2) is 24.7 Å². The maximum absolute atomic E-state index is 11.2. The Bertz CT molecular complexity index is 339. The number of ether oxygens (including phenoxy) is 2. The highest BCUT2D eigenvalue weighted by Gasteiger charge is 2.06. The Morgan fingerprint density at radius 2 is 2.25 bits per heavy atom. The van der Waals surface area contributed by atoms with Crippen molar-refractivity contribution in [3.05, 3.63) is 23.9 Å². The number of hydrogen-bond donors (Lipinski definition) is 0. The standard InChI is InChI=1S/C12H17NO3/c1-3-4-5-8-16-11-9-10(6-7-13-11)12(14)15-2/h6-7,9H,3-5,8H2,1-2H3. The fourth-order valence-corrected chi connectivity index (χ4v) is 1.26. The van der Waals surface area contributed by atoms with Gasteiger partial charge in [0.15, 0.2) is 0 Å². The molecule has 0 aliphatic carbocycles. The van der Waals surface area contributed by atoms with Crippen molar-refractivity contribution >= 4 is 5.97 Å². The van der Waals surface area contributed by atoms with Gasteiger partial charge in [-0.15, -0.1) is 0 Å². The second-order valence-corrected chi connectivity index (χ2v) is 3.43. The Morgan fingerprint density at radius 3 is 2.94 bits per heavy atom. The van der Waals surface area contributed by atoms with Gasteiger partial charge >= 0.3 is 5.97 Å². The van der Waals surface area contributed by atoms with Gasteiger partial charge in [0, 0.05) is 12.3 Å². The summed E-state index contributed by atoms with van der Waals surface area (Å²) in [5, 5.41) is 0. The number of rotatable bonds is 6. The third-order valence-electron chi connectivity index (χ3n) is 2.15. The van der Waals surface area contributed by atoms with Crippen LogP contribution in [0.5, 0.6) is 5.88 Å². The van der Waals surface area contributed by atoms with Crippen LogP contribution in [0.25, 0.3) is 0 Å². The minimum absolute atomic E-state index is 0.374. The number of carbonyl (C=O) groups excluding carboxylic acids is 1. The van der Waals surface area contributed by atoms with Crippen molar-refractivity contribution in [1.29, 1.82) is 0 Å². The molecule has 4 heteroatoms. The fourth-order valence-electron chi connectivity index (χ4n) is 1.26. The van der Waals surface area contributed by atoms with E-state index in [1.54, 1.807) is 18.3 Å². The first-order valence-electron chi connectivity index (χ1n) is 5.45. The molecule has 1 heterocycles. The van der Waals surface area contributed by atoms with E-state index < -0.39 is 0 Å². The average molecular weight is 223 g/mol. The summed E-state index contributed by atoms with van der Waals surface area (Å²) in [7, 11) is 1.35. The van der Waals surface area contributed by atoms with E-state index in [1.807, 2.05) is 0 Å². The van der Waals surface area contributed by atoms with Gasteiger partial charge in [-0.3, -0.25) is 0 Å². The highest BCUT2D eigenvalue weighted by atomic mass is 16.5. The van der Waals surface area contributed by atoms with Crippen LogP contribution in [0.15, 0.2) is 18.3 Å². The predicted molar refractivity (Wildman–Crippen MR) is 60.6 cm³/mol. The highest BCUT2D eigenvalue weighted by molar-refractivity contribution is 5.89. The van der Waals surface area contributed by atoms with E-state index in [0.29, 0.717) is 18.1 Å². The van der Waals surface area contributed by atoms with Gasteiger partial charge in [0.05, 0.1) is 19.3 Å². The van der Waals surface area contributed by atoms with Gasteiger partial charge in [-0.1, -0.05) is 19.8 Å². The summed E-state index contributed by atoms with van der Waals surface area (Å²) in [5.74, 6) is 0.0970. The van der Waals surface area contributed by atoms with Crippen LogP contribution >= 0.6 is 0 Å². The van der Waals surface area contributed by atoms with Crippen molar-refractivity contribution in [2.24, 2.45) is 0 Å². The number of unbranched alkanes of at least 4 members (excludes halogenated alkanes) is 2. The molecule has 0 saturated carbocycles. The number of pyridine rings is 1. The molecular formula is C12H17NO3. The lowest BCUT2D eigenvalue weighted by Crippen LogP contribution is -2.04. The van der Waals surface area contributed by atoms with E-state index in [-0.39, 0.29) is 5.97 Å².